The average molecular weight is 150 g/mol. The van der Waals surface area contributed by atoms with Crippen LogP contribution in [0.1, 0.15) is 0 Å². The van der Waals surface area contributed by atoms with E-state index in [-0.39, 0.29) is 0 Å². The van der Waals surface area contributed by atoms with Crippen molar-refractivity contribution in [3.63, 3.8) is 0 Å². The van der Waals surface area contributed by atoms with Gasteiger partial charge in [0.15, 0.2) is 0 Å². The highest BCUT2D eigenvalue weighted by Crippen LogP contribution is 2.15. The van der Waals surface area contributed by atoms with Crippen molar-refractivity contribution in [3.05, 3.63) is 24.3 Å². The highest BCUT2D eigenvalue weighted by Gasteiger charge is 1.88. The molecule has 0 atom stereocenters. The molecule has 0 saturated heterocycles. The van der Waals surface area contributed by atoms with Gasteiger partial charge in [-0.2, -0.15) is 0 Å². The molecule has 0 radical (unpaired) electrons. The summed E-state index contributed by atoms with van der Waals surface area (Å²) in [6, 6.07) is 7.48. The fraction of sp³-hybridized carbons (Fsp3) is 0.143. The van der Waals surface area contributed by atoms with Gasteiger partial charge in [-0.15, -0.1) is 5.11 Å². The Bertz CT molecular complexity index is 239. The molecule has 58 valence electrons. The molecule has 0 aliphatic heterocycles. The summed E-state index contributed by atoms with van der Waals surface area (Å²) >= 11 is 0. The Morgan fingerprint density at radius 1 is 1.27 bits per heavy atom. The third-order valence-corrected chi connectivity index (χ3v) is 1.33. The second kappa shape index (κ2) is 3.55. The lowest BCUT2D eigenvalue weighted by Gasteiger charge is -1.97. The standard InChI is InChI=1S/C7H10N4/c1-9-6-2-4-7(5-3-6)10-11-8/h2-5,9H,1H3,(H2,8,10). The van der Waals surface area contributed by atoms with E-state index in [9.17, 15) is 0 Å². The Morgan fingerprint density at radius 3 is 2.36 bits per heavy atom. The summed E-state index contributed by atoms with van der Waals surface area (Å²) < 4.78 is 0. The second-order valence-electron chi connectivity index (χ2n) is 2.01. The zero-order valence-corrected chi connectivity index (χ0v) is 6.28. The number of anilines is 1. The molecule has 0 heterocycles. The van der Waals surface area contributed by atoms with E-state index in [1.54, 1.807) is 0 Å². The Hall–Kier alpha value is -1.58. The predicted molar refractivity (Wildman–Crippen MR) is 44.7 cm³/mol. The molecule has 0 spiro atoms. The van der Waals surface area contributed by atoms with Crippen LogP contribution < -0.4 is 11.2 Å². The van der Waals surface area contributed by atoms with E-state index in [0.29, 0.717) is 0 Å². The van der Waals surface area contributed by atoms with Crippen LogP contribution in [0.3, 0.4) is 0 Å². The fourth-order valence-electron chi connectivity index (χ4n) is 0.761. The van der Waals surface area contributed by atoms with E-state index >= 15 is 0 Å². The number of nitrogens with one attached hydrogen (secondary N) is 1. The van der Waals surface area contributed by atoms with E-state index < -0.39 is 0 Å². The van der Waals surface area contributed by atoms with Gasteiger partial charge in [-0.1, -0.05) is 5.22 Å². The number of nitrogens with two attached hydrogens (primary N) is 1. The number of rotatable bonds is 2. The SMILES string of the molecule is CNc1ccc(N=NN)cc1. The van der Waals surface area contributed by atoms with E-state index in [1.165, 1.54) is 0 Å². The molecule has 1 aromatic carbocycles. The van der Waals surface area contributed by atoms with Crippen LogP contribution in [0.2, 0.25) is 0 Å². The molecular formula is C7H10N4. The Labute approximate surface area is 65.1 Å². The number of benzene rings is 1. The summed E-state index contributed by atoms with van der Waals surface area (Å²) in [5.41, 5.74) is 1.80. The lowest BCUT2D eigenvalue weighted by atomic mass is 10.3. The molecule has 0 aromatic heterocycles. The average Bonchev–Trinajstić information content (AvgIpc) is 2.07. The van der Waals surface area contributed by atoms with E-state index in [0.717, 1.165) is 11.4 Å². The number of hydrogen-bond acceptors (Lipinski definition) is 3. The van der Waals surface area contributed by atoms with Crippen molar-refractivity contribution in [1.82, 2.24) is 0 Å². The van der Waals surface area contributed by atoms with Crippen LogP contribution in [0, 0.1) is 0 Å². The van der Waals surface area contributed by atoms with Crippen LogP contribution in [0.5, 0.6) is 0 Å². The first-order valence-corrected chi connectivity index (χ1v) is 3.25. The predicted octanol–water partition coefficient (Wildman–Crippen LogP) is 1.69. The highest BCUT2D eigenvalue weighted by atomic mass is 15.3. The Morgan fingerprint density at radius 2 is 1.91 bits per heavy atom. The van der Waals surface area contributed by atoms with Gasteiger partial charge in [-0.05, 0) is 24.3 Å². The maximum absolute atomic E-state index is 4.87. The van der Waals surface area contributed by atoms with Gasteiger partial charge < -0.3 is 11.2 Å². The van der Waals surface area contributed by atoms with Gasteiger partial charge >= 0.3 is 0 Å². The summed E-state index contributed by atoms with van der Waals surface area (Å²) in [7, 11) is 1.86. The molecule has 0 amide bonds. The normalized spacial score (nSPS) is 10.3. The van der Waals surface area contributed by atoms with Gasteiger partial charge in [0.2, 0.25) is 0 Å². The van der Waals surface area contributed by atoms with Gasteiger partial charge in [-0.3, -0.25) is 0 Å². The molecule has 4 nitrogen and oxygen atoms in total. The van der Waals surface area contributed by atoms with Gasteiger partial charge in [0.05, 0.1) is 5.69 Å². The first-order chi connectivity index (χ1) is 5.36. The smallest absolute Gasteiger partial charge is 0.0875 e. The van der Waals surface area contributed by atoms with Crippen molar-refractivity contribution in [3.8, 4) is 0 Å². The van der Waals surface area contributed by atoms with Gasteiger partial charge in [-0.25, -0.2) is 0 Å². The summed E-state index contributed by atoms with van der Waals surface area (Å²) in [6.45, 7) is 0. The third kappa shape index (κ3) is 1.93. The van der Waals surface area contributed by atoms with Crippen LogP contribution in [0.4, 0.5) is 11.4 Å². The largest absolute Gasteiger partial charge is 0.388 e. The number of nitrogens with zero attached hydrogens (tertiary/aromatic N) is 2. The zero-order chi connectivity index (χ0) is 8.10. The minimum absolute atomic E-state index is 0.756. The number of hydrogen-bond donors (Lipinski definition) is 2. The molecule has 4 heteroatoms. The van der Waals surface area contributed by atoms with Crippen LogP contribution in [-0.2, 0) is 0 Å². The molecule has 0 saturated carbocycles. The van der Waals surface area contributed by atoms with Crippen molar-refractivity contribution >= 4 is 11.4 Å². The van der Waals surface area contributed by atoms with Crippen molar-refractivity contribution in [2.24, 2.45) is 16.2 Å². The van der Waals surface area contributed by atoms with Crippen molar-refractivity contribution < 1.29 is 0 Å². The monoisotopic (exact) mass is 150 g/mol. The Balaban J connectivity index is 2.82. The van der Waals surface area contributed by atoms with Gasteiger partial charge in [0, 0.05) is 12.7 Å². The molecule has 0 unspecified atom stereocenters. The van der Waals surface area contributed by atoms with Crippen LogP contribution in [0.25, 0.3) is 0 Å². The molecule has 11 heavy (non-hydrogen) atoms. The van der Waals surface area contributed by atoms with Crippen molar-refractivity contribution in [1.29, 1.82) is 0 Å². The Kier molecular flexibility index (Phi) is 2.43. The zero-order valence-electron chi connectivity index (χ0n) is 6.28. The lowest BCUT2D eigenvalue weighted by molar-refractivity contribution is 1.06. The molecule has 1 rings (SSSR count). The van der Waals surface area contributed by atoms with E-state index in [1.807, 2.05) is 31.3 Å². The van der Waals surface area contributed by atoms with Crippen LogP contribution >= 0.6 is 0 Å². The molecule has 0 fully saturated rings. The first-order valence-electron chi connectivity index (χ1n) is 3.25. The van der Waals surface area contributed by atoms with E-state index in [4.69, 9.17) is 5.84 Å². The van der Waals surface area contributed by atoms with Gasteiger partial charge in [0.1, 0.15) is 0 Å². The lowest BCUT2D eigenvalue weighted by Crippen LogP contribution is -1.85. The molecule has 3 N–H and O–H groups in total. The topological polar surface area (TPSA) is 62.8 Å². The van der Waals surface area contributed by atoms with Gasteiger partial charge in [0.25, 0.3) is 0 Å². The minimum atomic E-state index is 0.756. The quantitative estimate of drug-likeness (QED) is 0.383. The van der Waals surface area contributed by atoms with Crippen LogP contribution in [-0.4, -0.2) is 7.05 Å². The maximum atomic E-state index is 4.87. The second-order valence-corrected chi connectivity index (χ2v) is 2.01. The highest BCUT2D eigenvalue weighted by molar-refractivity contribution is 5.49. The molecule has 0 aliphatic rings. The minimum Gasteiger partial charge on any atom is -0.388 e. The summed E-state index contributed by atoms with van der Waals surface area (Å²) in [5, 5.41) is 9.82. The summed E-state index contributed by atoms with van der Waals surface area (Å²) in [5.74, 6) is 4.87. The fourth-order valence-corrected chi connectivity index (χ4v) is 0.761. The molecule has 0 bridgehead atoms. The maximum Gasteiger partial charge on any atom is 0.0875 e. The molecule has 0 aliphatic carbocycles. The summed E-state index contributed by atoms with van der Waals surface area (Å²) in [4.78, 5) is 0. The van der Waals surface area contributed by atoms with Crippen molar-refractivity contribution in [2.75, 3.05) is 12.4 Å². The third-order valence-electron chi connectivity index (χ3n) is 1.33. The van der Waals surface area contributed by atoms with E-state index in [2.05, 4.69) is 15.7 Å². The first kappa shape index (κ1) is 7.53. The molecule has 1 aromatic rings. The molecular weight excluding hydrogens is 140 g/mol. The summed E-state index contributed by atoms with van der Waals surface area (Å²) in [6.07, 6.45) is 0. The van der Waals surface area contributed by atoms with Crippen LogP contribution in [0.15, 0.2) is 34.6 Å². The van der Waals surface area contributed by atoms with Crippen molar-refractivity contribution in [2.45, 2.75) is 0 Å².